The van der Waals surface area contributed by atoms with Crippen molar-refractivity contribution in [1.29, 1.82) is 0 Å². The van der Waals surface area contributed by atoms with Crippen LogP contribution in [0.5, 0.6) is 0 Å². The van der Waals surface area contributed by atoms with Gasteiger partial charge in [-0.3, -0.25) is 4.98 Å². The Labute approximate surface area is 86.1 Å². The summed E-state index contributed by atoms with van der Waals surface area (Å²) in [7, 11) is 0. The van der Waals surface area contributed by atoms with Crippen LogP contribution in [0.25, 0.3) is 10.9 Å². The fourth-order valence-corrected chi connectivity index (χ4v) is 1.78. The maximum Gasteiger partial charge on any atom is 0.354 e. The lowest BCUT2D eigenvalue weighted by Crippen LogP contribution is -2.09. The van der Waals surface area contributed by atoms with Crippen LogP contribution in [0.2, 0.25) is 0 Å². The third-order valence-corrected chi connectivity index (χ3v) is 2.42. The first-order valence-electron chi connectivity index (χ1n) is 4.61. The van der Waals surface area contributed by atoms with Crippen molar-refractivity contribution >= 4 is 22.6 Å². The number of hydrogen-bond donors (Lipinski definition) is 2. The minimum atomic E-state index is -1.01. The van der Waals surface area contributed by atoms with Crippen LogP contribution in [-0.4, -0.2) is 20.6 Å². The van der Waals surface area contributed by atoms with Crippen LogP contribution in [0.1, 0.15) is 17.4 Å². The van der Waals surface area contributed by atoms with Gasteiger partial charge in [-0.1, -0.05) is 0 Å². The minimum absolute atomic E-state index is 0.139. The molecule has 0 aliphatic heterocycles. The largest absolute Gasteiger partial charge is 0.477 e. The molecule has 0 saturated heterocycles. The Balaban J connectivity index is 2.90. The summed E-state index contributed by atoms with van der Waals surface area (Å²) in [6.45, 7) is 2.45. The van der Waals surface area contributed by atoms with Crippen molar-refractivity contribution in [3.8, 4) is 0 Å². The average molecular weight is 205 g/mol. The van der Waals surface area contributed by atoms with E-state index in [9.17, 15) is 4.79 Å². The summed E-state index contributed by atoms with van der Waals surface area (Å²) in [5, 5.41) is 9.75. The van der Waals surface area contributed by atoms with Gasteiger partial charge in [0, 0.05) is 24.3 Å². The first kappa shape index (κ1) is 9.51. The van der Waals surface area contributed by atoms with E-state index >= 15 is 0 Å². The molecule has 78 valence electrons. The number of nitrogen functional groups attached to an aromatic ring is 1. The van der Waals surface area contributed by atoms with E-state index < -0.39 is 5.97 Å². The number of rotatable bonds is 2. The van der Waals surface area contributed by atoms with Crippen molar-refractivity contribution in [2.75, 3.05) is 5.73 Å². The zero-order valence-electron chi connectivity index (χ0n) is 8.27. The molecule has 0 bridgehead atoms. The zero-order valence-corrected chi connectivity index (χ0v) is 8.27. The van der Waals surface area contributed by atoms with Crippen molar-refractivity contribution in [2.45, 2.75) is 13.5 Å². The third-order valence-electron chi connectivity index (χ3n) is 2.42. The highest BCUT2D eigenvalue weighted by molar-refractivity contribution is 6.05. The molecule has 15 heavy (non-hydrogen) atoms. The summed E-state index contributed by atoms with van der Waals surface area (Å²) in [6, 6.07) is 1.77. The maximum absolute atomic E-state index is 11.0. The second-order valence-corrected chi connectivity index (χ2v) is 3.20. The number of aromatic nitrogens is 2. The van der Waals surface area contributed by atoms with Gasteiger partial charge < -0.3 is 15.4 Å². The summed E-state index contributed by atoms with van der Waals surface area (Å²) in [5.41, 5.74) is 7.01. The van der Waals surface area contributed by atoms with E-state index in [1.165, 1.54) is 0 Å². The molecule has 0 aromatic carbocycles. The van der Waals surface area contributed by atoms with Gasteiger partial charge in [0.25, 0.3) is 0 Å². The Hall–Kier alpha value is -2.04. The van der Waals surface area contributed by atoms with E-state index in [0.29, 0.717) is 11.9 Å². The number of pyridine rings is 1. The number of carbonyl (C=O) groups is 1. The third kappa shape index (κ3) is 1.24. The van der Waals surface area contributed by atoms with Crippen LogP contribution in [-0.2, 0) is 6.54 Å². The molecule has 0 amide bonds. The summed E-state index contributed by atoms with van der Waals surface area (Å²) in [4.78, 5) is 15.0. The van der Waals surface area contributed by atoms with Crippen LogP contribution in [0.3, 0.4) is 0 Å². The number of fused-ring (bicyclic) bond motifs is 1. The molecule has 0 spiro atoms. The van der Waals surface area contributed by atoms with E-state index in [-0.39, 0.29) is 11.4 Å². The lowest BCUT2D eigenvalue weighted by Gasteiger charge is -2.03. The van der Waals surface area contributed by atoms with Crippen molar-refractivity contribution in [1.82, 2.24) is 9.55 Å². The molecule has 0 aliphatic carbocycles. The molecule has 0 aliphatic rings. The highest BCUT2D eigenvalue weighted by Crippen LogP contribution is 2.27. The topological polar surface area (TPSA) is 81.1 Å². The second-order valence-electron chi connectivity index (χ2n) is 3.20. The number of aromatic carboxylic acids is 1. The first-order valence-corrected chi connectivity index (χ1v) is 4.61. The number of nitrogens with zero attached hydrogens (tertiary/aromatic N) is 2. The minimum Gasteiger partial charge on any atom is -0.477 e. The summed E-state index contributed by atoms with van der Waals surface area (Å²) >= 11 is 0. The van der Waals surface area contributed by atoms with Crippen LogP contribution in [0, 0.1) is 0 Å². The lowest BCUT2D eigenvalue weighted by atomic mass is 10.3. The number of hydrogen-bond acceptors (Lipinski definition) is 3. The number of carboxylic acid groups (broad SMARTS) is 1. The molecule has 0 saturated carbocycles. The summed E-state index contributed by atoms with van der Waals surface area (Å²) in [5.74, 6) is -1.01. The molecule has 0 unspecified atom stereocenters. The van der Waals surface area contributed by atoms with Gasteiger partial charge in [-0.15, -0.1) is 0 Å². The van der Waals surface area contributed by atoms with E-state index in [2.05, 4.69) is 4.98 Å². The Morgan fingerprint density at radius 1 is 1.67 bits per heavy atom. The van der Waals surface area contributed by atoms with Gasteiger partial charge in [0.15, 0.2) is 5.69 Å². The SMILES string of the molecule is CCn1c(C(=O)O)c(N)c2cnccc21. The molecule has 0 atom stereocenters. The molecule has 0 fully saturated rings. The van der Waals surface area contributed by atoms with Gasteiger partial charge in [0.2, 0.25) is 0 Å². The molecule has 2 heterocycles. The van der Waals surface area contributed by atoms with E-state index in [0.717, 1.165) is 5.52 Å². The van der Waals surface area contributed by atoms with Crippen molar-refractivity contribution < 1.29 is 9.90 Å². The first-order chi connectivity index (χ1) is 7.16. The van der Waals surface area contributed by atoms with E-state index in [4.69, 9.17) is 10.8 Å². The second kappa shape index (κ2) is 3.27. The fraction of sp³-hybridized carbons (Fsp3) is 0.200. The molecule has 3 N–H and O–H groups in total. The van der Waals surface area contributed by atoms with E-state index in [1.54, 1.807) is 23.0 Å². The normalized spacial score (nSPS) is 10.7. The molecule has 5 nitrogen and oxygen atoms in total. The number of carboxylic acids is 1. The molecule has 2 aromatic rings. The van der Waals surface area contributed by atoms with Crippen molar-refractivity contribution in [2.24, 2.45) is 0 Å². The summed E-state index contributed by atoms with van der Waals surface area (Å²) < 4.78 is 1.68. The van der Waals surface area contributed by atoms with Crippen LogP contribution < -0.4 is 5.73 Å². The molecule has 2 aromatic heterocycles. The monoisotopic (exact) mass is 205 g/mol. The smallest absolute Gasteiger partial charge is 0.354 e. The molecule has 5 heteroatoms. The fourth-order valence-electron chi connectivity index (χ4n) is 1.78. The highest BCUT2D eigenvalue weighted by Gasteiger charge is 2.19. The number of nitrogens with two attached hydrogens (primary N) is 1. The predicted octanol–water partition coefficient (Wildman–Crippen LogP) is 1.34. The molecular formula is C10H11N3O2. The van der Waals surface area contributed by atoms with Crippen molar-refractivity contribution in [3.63, 3.8) is 0 Å². The lowest BCUT2D eigenvalue weighted by molar-refractivity contribution is 0.0687. The van der Waals surface area contributed by atoms with Gasteiger partial charge in [0.1, 0.15) is 0 Å². The van der Waals surface area contributed by atoms with E-state index in [1.807, 2.05) is 6.92 Å². The molecule has 0 radical (unpaired) electrons. The standard InChI is InChI=1S/C10H11N3O2/c1-2-13-7-3-4-12-5-6(7)8(11)9(13)10(14)15/h3-5H,2,11H2,1H3,(H,14,15). The Kier molecular flexibility index (Phi) is 2.07. The number of aryl methyl sites for hydroxylation is 1. The van der Waals surface area contributed by atoms with Gasteiger partial charge in [-0.05, 0) is 13.0 Å². The Bertz CT molecular complexity index is 531. The van der Waals surface area contributed by atoms with Gasteiger partial charge in [-0.25, -0.2) is 4.79 Å². The van der Waals surface area contributed by atoms with Crippen molar-refractivity contribution in [3.05, 3.63) is 24.2 Å². The average Bonchev–Trinajstić information content (AvgIpc) is 2.52. The van der Waals surface area contributed by atoms with Crippen LogP contribution in [0.15, 0.2) is 18.5 Å². The van der Waals surface area contributed by atoms with Crippen LogP contribution >= 0.6 is 0 Å². The molecular weight excluding hydrogens is 194 g/mol. The Morgan fingerprint density at radius 3 is 3.00 bits per heavy atom. The zero-order chi connectivity index (χ0) is 11.0. The predicted molar refractivity (Wildman–Crippen MR) is 56.8 cm³/mol. The summed E-state index contributed by atoms with van der Waals surface area (Å²) in [6.07, 6.45) is 3.21. The Morgan fingerprint density at radius 2 is 2.40 bits per heavy atom. The highest BCUT2D eigenvalue weighted by atomic mass is 16.4. The van der Waals surface area contributed by atoms with Crippen LogP contribution in [0.4, 0.5) is 5.69 Å². The van der Waals surface area contributed by atoms with Gasteiger partial charge in [0.05, 0.1) is 11.2 Å². The molecule has 2 rings (SSSR count). The van der Waals surface area contributed by atoms with Gasteiger partial charge >= 0.3 is 5.97 Å². The number of anilines is 1. The quantitative estimate of drug-likeness (QED) is 0.775. The maximum atomic E-state index is 11.0. The van der Waals surface area contributed by atoms with Gasteiger partial charge in [-0.2, -0.15) is 0 Å².